The lowest BCUT2D eigenvalue weighted by Crippen LogP contribution is -2.37. The van der Waals surface area contributed by atoms with E-state index in [1.165, 1.54) is 173 Å². The molecule has 2 atom stereocenters. The summed E-state index contributed by atoms with van der Waals surface area (Å²) < 4.78 is 35.2. The maximum atomic E-state index is 12.8. The van der Waals surface area contributed by atoms with Crippen molar-refractivity contribution < 1.29 is 37.3 Å². The van der Waals surface area contributed by atoms with E-state index in [2.05, 4.69) is 50.3 Å². The first-order valence-electron chi connectivity index (χ1n) is 27.2. The highest BCUT2D eigenvalue weighted by Gasteiger charge is 2.26. The van der Waals surface area contributed by atoms with Crippen molar-refractivity contribution >= 4 is 13.8 Å². The summed E-state index contributed by atoms with van der Waals surface area (Å²) in [4.78, 5) is 23.0. The Hall–Kier alpha value is -1.28. The molecule has 2 unspecified atom stereocenters. The first kappa shape index (κ1) is 62.7. The zero-order chi connectivity index (χ0) is 46.9. The van der Waals surface area contributed by atoms with Crippen LogP contribution < -0.4 is 0 Å². The molecule has 0 fully saturated rings. The molecule has 0 bridgehead atoms. The predicted molar refractivity (Wildman–Crippen MR) is 275 cm³/mol. The van der Waals surface area contributed by atoms with Gasteiger partial charge >= 0.3 is 13.8 Å². The van der Waals surface area contributed by atoms with E-state index in [0.717, 1.165) is 57.8 Å². The third kappa shape index (κ3) is 51.7. The van der Waals surface area contributed by atoms with E-state index >= 15 is 0 Å². The van der Waals surface area contributed by atoms with Gasteiger partial charge in [-0.05, 0) is 51.4 Å². The molecule has 0 saturated carbocycles. The highest BCUT2D eigenvalue weighted by atomic mass is 31.2. The Labute approximate surface area is 397 Å². The van der Waals surface area contributed by atoms with Crippen molar-refractivity contribution in [2.24, 2.45) is 0 Å². The summed E-state index contributed by atoms with van der Waals surface area (Å²) in [7, 11) is 1.67. The minimum Gasteiger partial charge on any atom is -0.457 e. The minimum atomic E-state index is -4.28. The number of nitrogens with zero attached hydrogens (tertiary/aromatic N) is 1. The van der Waals surface area contributed by atoms with Crippen LogP contribution in [0.5, 0.6) is 0 Å². The largest absolute Gasteiger partial charge is 0.472 e. The number of unbranched alkanes of at least 4 members (excludes halogenated alkanes) is 31. The van der Waals surface area contributed by atoms with Crippen molar-refractivity contribution in [2.45, 2.75) is 258 Å². The van der Waals surface area contributed by atoms with E-state index in [1.807, 2.05) is 21.1 Å². The fourth-order valence-corrected chi connectivity index (χ4v) is 8.48. The summed E-state index contributed by atoms with van der Waals surface area (Å²) in [6, 6.07) is 0. The molecule has 0 saturated heterocycles. The zero-order valence-corrected chi connectivity index (χ0v) is 43.9. The monoisotopic (exact) mass is 925 g/mol. The standard InChI is InChI=1S/C55H106NO7P/c1-6-8-10-12-14-16-18-20-22-24-26-28-30-32-34-36-38-40-42-44-46-48-55(57)63-54(53-62-64(58,59)61-51-49-56(3,4)5)52-60-50-47-45-43-41-39-37-35-33-31-29-27-25-23-21-19-17-15-13-11-9-7-2/h18,20,24,26,30,32,54H,6-17,19,21-23,25,27-29,31,33-53H2,1-5H3/p+1/b20-18-,26-24-,32-30-. The average molecular weight is 925 g/mol. The van der Waals surface area contributed by atoms with Crippen molar-refractivity contribution in [3.8, 4) is 0 Å². The normalized spacial score (nSPS) is 13.8. The number of hydrogen-bond donors (Lipinski definition) is 1. The number of carbonyl (C=O) groups excluding carboxylic acids is 1. The van der Waals surface area contributed by atoms with Crippen LogP contribution in [0.4, 0.5) is 0 Å². The number of phosphoric ester groups is 1. The maximum absolute atomic E-state index is 12.8. The van der Waals surface area contributed by atoms with E-state index in [-0.39, 0.29) is 25.8 Å². The van der Waals surface area contributed by atoms with Crippen LogP contribution in [0.3, 0.4) is 0 Å². The third-order valence-corrected chi connectivity index (χ3v) is 12.9. The molecule has 0 amide bonds. The van der Waals surface area contributed by atoms with Gasteiger partial charge in [-0.15, -0.1) is 0 Å². The van der Waals surface area contributed by atoms with Gasteiger partial charge in [-0.1, -0.05) is 230 Å². The topological polar surface area (TPSA) is 91.3 Å². The molecule has 0 aromatic carbocycles. The van der Waals surface area contributed by atoms with E-state index in [4.69, 9.17) is 18.5 Å². The Morgan fingerprint density at radius 1 is 0.484 bits per heavy atom. The van der Waals surface area contributed by atoms with Crippen LogP contribution in [0.1, 0.15) is 251 Å². The SMILES string of the molecule is CCCCCCC/C=C\C/C=C\C/C=C\CCCCCCCCC(=O)OC(COCCCCCCCCCCCCCCCCCCCCCCC)COP(=O)(O)OCC[N+](C)(C)C. The van der Waals surface area contributed by atoms with Gasteiger partial charge in [0.25, 0.3) is 0 Å². The van der Waals surface area contributed by atoms with Crippen LogP contribution in [-0.4, -0.2) is 75.6 Å². The summed E-state index contributed by atoms with van der Waals surface area (Å²) in [6.45, 7) is 5.64. The number of esters is 1. The maximum Gasteiger partial charge on any atom is 0.472 e. The van der Waals surface area contributed by atoms with Gasteiger partial charge in [0.1, 0.15) is 19.3 Å². The Morgan fingerprint density at radius 3 is 1.28 bits per heavy atom. The third-order valence-electron chi connectivity index (χ3n) is 12.0. The van der Waals surface area contributed by atoms with Gasteiger partial charge < -0.3 is 18.9 Å². The Bertz CT molecular complexity index is 1120. The molecule has 0 aliphatic carbocycles. The number of carbonyl (C=O) groups is 1. The number of ether oxygens (including phenoxy) is 2. The van der Waals surface area contributed by atoms with Crippen molar-refractivity contribution in [3.05, 3.63) is 36.5 Å². The van der Waals surface area contributed by atoms with Gasteiger partial charge in [0.05, 0.1) is 34.4 Å². The molecule has 0 aliphatic heterocycles. The van der Waals surface area contributed by atoms with Crippen LogP contribution in [0.25, 0.3) is 0 Å². The second-order valence-electron chi connectivity index (χ2n) is 19.6. The Balaban J connectivity index is 4.12. The van der Waals surface area contributed by atoms with Gasteiger partial charge in [-0.3, -0.25) is 13.8 Å². The second kappa shape index (κ2) is 48.2. The molecule has 0 radical (unpaired) electrons. The number of rotatable bonds is 51. The summed E-state index contributed by atoms with van der Waals surface area (Å²) in [6.07, 6.45) is 59.1. The molecule has 378 valence electrons. The fraction of sp³-hybridized carbons (Fsp3) is 0.873. The minimum absolute atomic E-state index is 0.0870. The van der Waals surface area contributed by atoms with Gasteiger partial charge in [0.15, 0.2) is 0 Å². The molecule has 0 rings (SSSR count). The van der Waals surface area contributed by atoms with Crippen LogP contribution in [0.2, 0.25) is 0 Å². The first-order chi connectivity index (χ1) is 31.1. The van der Waals surface area contributed by atoms with Gasteiger partial charge in [0, 0.05) is 13.0 Å². The first-order valence-corrected chi connectivity index (χ1v) is 28.7. The lowest BCUT2D eigenvalue weighted by Gasteiger charge is -2.24. The molecule has 1 N–H and O–H groups in total. The summed E-state index contributed by atoms with van der Waals surface area (Å²) in [5.41, 5.74) is 0. The summed E-state index contributed by atoms with van der Waals surface area (Å²) in [5, 5.41) is 0. The highest BCUT2D eigenvalue weighted by Crippen LogP contribution is 2.43. The quantitative estimate of drug-likeness (QED) is 0.0214. The van der Waals surface area contributed by atoms with Crippen LogP contribution >= 0.6 is 7.82 Å². The molecule has 8 nitrogen and oxygen atoms in total. The van der Waals surface area contributed by atoms with E-state index in [9.17, 15) is 14.3 Å². The van der Waals surface area contributed by atoms with E-state index in [0.29, 0.717) is 24.1 Å². The predicted octanol–water partition coefficient (Wildman–Crippen LogP) is 16.9. The second-order valence-corrected chi connectivity index (χ2v) is 21.1. The molecular weight excluding hydrogens is 818 g/mol. The van der Waals surface area contributed by atoms with E-state index in [1.54, 1.807) is 0 Å². The molecule has 64 heavy (non-hydrogen) atoms. The van der Waals surface area contributed by atoms with Gasteiger partial charge in [-0.25, -0.2) is 4.57 Å². The molecule has 0 aromatic heterocycles. The lowest BCUT2D eigenvalue weighted by atomic mass is 10.0. The Morgan fingerprint density at radius 2 is 0.859 bits per heavy atom. The summed E-state index contributed by atoms with van der Waals surface area (Å²) in [5.74, 6) is -0.321. The Kier molecular flexibility index (Phi) is 47.2. The lowest BCUT2D eigenvalue weighted by molar-refractivity contribution is -0.870. The van der Waals surface area contributed by atoms with Crippen LogP contribution in [-0.2, 0) is 27.9 Å². The van der Waals surface area contributed by atoms with Crippen LogP contribution in [0.15, 0.2) is 36.5 Å². The van der Waals surface area contributed by atoms with Crippen LogP contribution in [0, 0.1) is 0 Å². The molecule has 0 heterocycles. The number of quaternary nitrogens is 1. The van der Waals surface area contributed by atoms with Gasteiger partial charge in [0.2, 0.25) is 0 Å². The van der Waals surface area contributed by atoms with E-state index < -0.39 is 13.9 Å². The molecular formula is C55H107NO7P+. The number of allylic oxidation sites excluding steroid dienone is 6. The average Bonchev–Trinajstić information content (AvgIpc) is 3.25. The molecule has 0 aliphatic rings. The number of phosphoric acid groups is 1. The van der Waals surface area contributed by atoms with Crippen molar-refractivity contribution in [1.82, 2.24) is 0 Å². The molecule has 0 aromatic rings. The zero-order valence-electron chi connectivity index (χ0n) is 43.0. The fourth-order valence-electron chi connectivity index (χ4n) is 7.74. The molecule has 0 spiro atoms. The summed E-state index contributed by atoms with van der Waals surface area (Å²) >= 11 is 0. The number of likely N-dealkylation sites (N-methyl/N-ethyl adjacent to an activating group) is 1. The van der Waals surface area contributed by atoms with Gasteiger partial charge in [-0.2, -0.15) is 0 Å². The van der Waals surface area contributed by atoms with Crippen molar-refractivity contribution in [1.29, 1.82) is 0 Å². The smallest absolute Gasteiger partial charge is 0.457 e. The molecule has 9 heteroatoms. The van der Waals surface area contributed by atoms with Crippen molar-refractivity contribution in [3.63, 3.8) is 0 Å². The number of hydrogen-bond acceptors (Lipinski definition) is 6. The highest BCUT2D eigenvalue weighted by molar-refractivity contribution is 7.47. The van der Waals surface area contributed by atoms with Crippen molar-refractivity contribution in [2.75, 3.05) is 54.1 Å².